The molecule has 0 aliphatic rings. The summed E-state index contributed by atoms with van der Waals surface area (Å²) in [5.74, 6) is 1.49. The van der Waals surface area contributed by atoms with Crippen LogP contribution in [0.15, 0.2) is 66.7 Å². The van der Waals surface area contributed by atoms with Crippen LogP contribution >= 0.6 is 8.58 Å². The molecule has 27 heavy (non-hydrogen) atoms. The van der Waals surface area contributed by atoms with Gasteiger partial charge in [-0.2, -0.15) is 0 Å². The predicted octanol–water partition coefficient (Wildman–Crippen LogP) is 4.27. The second-order valence-electron chi connectivity index (χ2n) is 6.45. The van der Waals surface area contributed by atoms with Gasteiger partial charge in [0, 0.05) is 5.30 Å². The Balaban J connectivity index is 1.94. The zero-order chi connectivity index (χ0) is 19.2. The second-order valence-corrected chi connectivity index (χ2v) is 7.74. The van der Waals surface area contributed by atoms with Crippen molar-refractivity contribution in [2.75, 3.05) is 7.11 Å². The van der Waals surface area contributed by atoms with Crippen molar-refractivity contribution in [1.29, 1.82) is 0 Å². The highest BCUT2D eigenvalue weighted by Gasteiger charge is 2.16. The Morgan fingerprint density at radius 2 is 1.70 bits per heavy atom. The average Bonchev–Trinajstić information content (AvgIpc) is 2.68. The maximum atomic E-state index is 10.2. The summed E-state index contributed by atoms with van der Waals surface area (Å²) in [5, 5.41) is 12.4. The highest BCUT2D eigenvalue weighted by atomic mass is 31.1. The summed E-state index contributed by atoms with van der Waals surface area (Å²) in [5.41, 5.74) is 3.24. The normalized spacial score (nSPS) is 12.3. The van der Waals surface area contributed by atoms with Crippen LogP contribution < -0.4 is 20.1 Å². The van der Waals surface area contributed by atoms with Gasteiger partial charge in [-0.05, 0) is 41.9 Å². The molecular formula is C23H25O3P. The molecule has 0 bridgehead atoms. The van der Waals surface area contributed by atoms with E-state index in [-0.39, 0.29) is 0 Å². The fourth-order valence-corrected chi connectivity index (χ4v) is 4.47. The first-order valence-corrected chi connectivity index (χ1v) is 9.98. The summed E-state index contributed by atoms with van der Waals surface area (Å²) in [6, 6.07) is 22.1. The van der Waals surface area contributed by atoms with Gasteiger partial charge >= 0.3 is 0 Å². The van der Waals surface area contributed by atoms with Crippen LogP contribution in [0.4, 0.5) is 0 Å². The number of aryl methyl sites for hydroxylation is 1. The molecule has 0 aromatic heterocycles. The molecule has 0 aliphatic carbocycles. The van der Waals surface area contributed by atoms with E-state index in [1.807, 2.05) is 54.6 Å². The molecule has 0 fully saturated rings. The van der Waals surface area contributed by atoms with E-state index in [4.69, 9.17) is 9.47 Å². The molecule has 2 unspecified atom stereocenters. The Kier molecular flexibility index (Phi) is 6.49. The first-order valence-electron chi connectivity index (χ1n) is 8.98. The van der Waals surface area contributed by atoms with Gasteiger partial charge in [0.1, 0.15) is 6.61 Å². The monoisotopic (exact) mass is 380 g/mol. The third-order valence-corrected chi connectivity index (χ3v) is 6.04. The topological polar surface area (TPSA) is 38.7 Å². The molecule has 3 aromatic rings. The maximum absolute atomic E-state index is 10.2. The van der Waals surface area contributed by atoms with E-state index in [9.17, 15) is 5.11 Å². The first kappa shape index (κ1) is 19.4. The number of aliphatic hydroxyl groups is 1. The van der Waals surface area contributed by atoms with Crippen molar-refractivity contribution in [3.63, 3.8) is 0 Å². The minimum Gasteiger partial charge on any atom is -0.493 e. The number of para-hydroxylation sites is 1. The largest absolute Gasteiger partial charge is 0.493 e. The number of hydrogen-bond acceptors (Lipinski definition) is 3. The Bertz CT molecular complexity index is 891. The highest BCUT2D eigenvalue weighted by Crippen LogP contribution is 2.32. The lowest BCUT2D eigenvalue weighted by molar-refractivity contribution is 0.200. The average molecular weight is 380 g/mol. The van der Waals surface area contributed by atoms with E-state index in [0.717, 1.165) is 33.2 Å². The van der Waals surface area contributed by atoms with Gasteiger partial charge < -0.3 is 14.6 Å². The summed E-state index contributed by atoms with van der Waals surface area (Å²) in [7, 11) is 2.03. The zero-order valence-corrected chi connectivity index (χ0v) is 16.9. The number of hydrogen-bond donors (Lipinski definition) is 1. The molecule has 0 amide bonds. The van der Waals surface area contributed by atoms with Gasteiger partial charge in [-0.3, -0.25) is 0 Å². The van der Waals surface area contributed by atoms with Crippen LogP contribution in [0.3, 0.4) is 0 Å². The smallest absolute Gasteiger partial charge is 0.169 e. The molecule has 1 N–H and O–H groups in total. The quantitative estimate of drug-likeness (QED) is 0.623. The number of benzene rings is 3. The van der Waals surface area contributed by atoms with Gasteiger partial charge in [-0.15, -0.1) is 0 Å². The Labute approximate surface area is 162 Å². The molecule has 140 valence electrons. The van der Waals surface area contributed by atoms with Crippen LogP contribution in [0.2, 0.25) is 0 Å². The van der Waals surface area contributed by atoms with E-state index >= 15 is 0 Å². The van der Waals surface area contributed by atoms with Crippen LogP contribution in [0.25, 0.3) is 0 Å². The molecule has 0 radical (unpaired) electrons. The van der Waals surface area contributed by atoms with Crippen LogP contribution in [0, 0.1) is 6.92 Å². The molecule has 0 saturated carbocycles. The summed E-state index contributed by atoms with van der Waals surface area (Å²) < 4.78 is 11.7. The SMILES string of the molecule is COc1cccc(Pc2c(C)cccc2C(C)O)c1OCc1ccccc1. The third-order valence-electron chi connectivity index (χ3n) is 4.44. The zero-order valence-electron chi connectivity index (χ0n) is 15.9. The van der Waals surface area contributed by atoms with E-state index in [1.54, 1.807) is 14.0 Å². The Morgan fingerprint density at radius 3 is 2.41 bits per heavy atom. The molecular weight excluding hydrogens is 355 g/mol. The van der Waals surface area contributed by atoms with E-state index in [2.05, 4.69) is 19.1 Å². The minimum absolute atomic E-state index is 0.368. The van der Waals surface area contributed by atoms with Gasteiger partial charge in [0.15, 0.2) is 11.5 Å². The van der Waals surface area contributed by atoms with Crippen molar-refractivity contribution in [1.82, 2.24) is 0 Å². The lowest BCUT2D eigenvalue weighted by Gasteiger charge is -2.19. The van der Waals surface area contributed by atoms with Crippen LogP contribution in [-0.4, -0.2) is 12.2 Å². The molecule has 0 saturated heterocycles. The summed E-state index contributed by atoms with van der Waals surface area (Å²) in [6.45, 7) is 4.37. The molecule has 4 heteroatoms. The molecule has 3 aromatic carbocycles. The number of rotatable bonds is 7. The van der Waals surface area contributed by atoms with Crippen molar-refractivity contribution >= 4 is 19.2 Å². The highest BCUT2D eigenvalue weighted by molar-refractivity contribution is 7.56. The lowest BCUT2D eigenvalue weighted by atomic mass is 10.1. The molecule has 2 atom stereocenters. The van der Waals surface area contributed by atoms with Gasteiger partial charge in [0.25, 0.3) is 0 Å². The first-order chi connectivity index (χ1) is 13.1. The molecule has 3 rings (SSSR count). The molecule has 3 nitrogen and oxygen atoms in total. The van der Waals surface area contributed by atoms with Gasteiger partial charge in [-0.1, -0.05) is 69.2 Å². The fourth-order valence-electron chi connectivity index (χ4n) is 3.00. The van der Waals surface area contributed by atoms with E-state index in [0.29, 0.717) is 15.2 Å². The lowest BCUT2D eigenvalue weighted by Crippen LogP contribution is -2.16. The van der Waals surface area contributed by atoms with Crippen molar-refractivity contribution in [2.45, 2.75) is 26.6 Å². The number of methoxy groups -OCH3 is 1. The van der Waals surface area contributed by atoms with Crippen molar-refractivity contribution in [3.05, 3.63) is 83.4 Å². The summed E-state index contributed by atoms with van der Waals surface area (Å²) >= 11 is 0. The van der Waals surface area contributed by atoms with Crippen molar-refractivity contribution < 1.29 is 14.6 Å². The summed E-state index contributed by atoms with van der Waals surface area (Å²) in [4.78, 5) is 0. The van der Waals surface area contributed by atoms with Gasteiger partial charge in [0.2, 0.25) is 0 Å². The standard InChI is InChI=1S/C23H25O3P/c1-16-9-7-12-19(17(2)24)23(16)27-21-14-8-13-20(25-3)22(21)26-15-18-10-5-4-6-11-18/h4-14,17,24,27H,15H2,1-3H3. The molecule has 0 spiro atoms. The fraction of sp³-hybridized carbons (Fsp3) is 0.217. The molecule has 0 aliphatic heterocycles. The van der Waals surface area contributed by atoms with Crippen molar-refractivity contribution in [3.8, 4) is 11.5 Å². The second kappa shape index (κ2) is 9.03. The maximum Gasteiger partial charge on any atom is 0.169 e. The number of aliphatic hydroxyl groups excluding tert-OH is 1. The summed E-state index contributed by atoms with van der Waals surface area (Å²) in [6.07, 6.45) is -0.508. The van der Waals surface area contributed by atoms with Crippen LogP contribution in [0.5, 0.6) is 11.5 Å². The predicted molar refractivity (Wildman–Crippen MR) is 113 cm³/mol. The van der Waals surface area contributed by atoms with Crippen LogP contribution in [0.1, 0.15) is 29.7 Å². The van der Waals surface area contributed by atoms with E-state index in [1.165, 1.54) is 5.56 Å². The van der Waals surface area contributed by atoms with E-state index < -0.39 is 6.10 Å². The van der Waals surface area contributed by atoms with Gasteiger partial charge in [0.05, 0.1) is 13.2 Å². The van der Waals surface area contributed by atoms with Gasteiger partial charge in [-0.25, -0.2) is 0 Å². The molecule has 0 heterocycles. The number of ether oxygens (including phenoxy) is 2. The third kappa shape index (κ3) is 4.68. The Morgan fingerprint density at radius 1 is 0.963 bits per heavy atom. The minimum atomic E-state index is -0.508. The van der Waals surface area contributed by atoms with Crippen LogP contribution in [-0.2, 0) is 6.61 Å². The van der Waals surface area contributed by atoms with Crippen molar-refractivity contribution in [2.24, 2.45) is 0 Å². The Hall–Kier alpha value is -2.35.